The molecule has 122 valence electrons. The average Bonchev–Trinajstić information content (AvgIpc) is 2.80. The first-order valence-corrected chi connectivity index (χ1v) is 6.11. The summed E-state index contributed by atoms with van der Waals surface area (Å²) in [5.74, 6) is -2.47. The molecular formula is C13H16N6O4. The first kappa shape index (κ1) is 17.9. The minimum Gasteiger partial charge on any atom is -0.423 e. The molecule has 0 atom stereocenters. The Morgan fingerprint density at radius 1 is 1.17 bits per heavy atom. The van der Waals surface area contributed by atoms with E-state index >= 15 is 0 Å². The molecule has 0 unspecified atom stereocenters. The summed E-state index contributed by atoms with van der Waals surface area (Å²) in [5.41, 5.74) is 8.01. The van der Waals surface area contributed by atoms with Gasteiger partial charge in [-0.2, -0.15) is 5.10 Å². The predicted octanol–water partition coefficient (Wildman–Crippen LogP) is 3.00. The average molecular weight is 320 g/mol. The van der Waals surface area contributed by atoms with Crippen molar-refractivity contribution in [1.29, 1.82) is 0 Å². The quantitative estimate of drug-likeness (QED) is 0.811. The Morgan fingerprint density at radius 3 is 2.26 bits per heavy atom. The lowest BCUT2D eigenvalue weighted by molar-refractivity contribution is 0.0925. The number of nitrogens with two attached hydrogens (primary N) is 1. The van der Waals surface area contributed by atoms with Crippen LogP contribution >= 0.6 is 0 Å². The lowest BCUT2D eigenvalue weighted by Crippen LogP contribution is -2.27. The maximum Gasteiger partial charge on any atom is 0.512 e. The normalized spacial score (nSPS) is 10.5. The van der Waals surface area contributed by atoms with Crippen LogP contribution in [0.4, 0.5) is 5.82 Å². The summed E-state index contributed by atoms with van der Waals surface area (Å²) in [6.45, 7) is 3.62. The fourth-order valence-electron chi connectivity index (χ4n) is 1.76. The molecular weight excluding hydrogens is 304 g/mol. The summed E-state index contributed by atoms with van der Waals surface area (Å²) in [6, 6.07) is 6.05. The SMILES string of the molecule is C.Cc1nn(-c2cccc(OC(N=O)(N=O)N=O)c2)c(N)c1C. The van der Waals surface area contributed by atoms with Gasteiger partial charge in [0.1, 0.15) is 11.6 Å². The molecule has 10 nitrogen and oxygen atoms in total. The van der Waals surface area contributed by atoms with E-state index in [4.69, 9.17) is 10.5 Å². The van der Waals surface area contributed by atoms with E-state index in [9.17, 15) is 14.7 Å². The molecule has 0 saturated heterocycles. The monoisotopic (exact) mass is 320 g/mol. The number of hydrogen-bond acceptors (Lipinski definition) is 9. The number of nitrogens with zero attached hydrogens (tertiary/aromatic N) is 5. The maximum absolute atomic E-state index is 10.6. The minimum absolute atomic E-state index is 0. The fourth-order valence-corrected chi connectivity index (χ4v) is 1.76. The molecule has 0 aliphatic carbocycles. The van der Waals surface area contributed by atoms with Crippen molar-refractivity contribution < 1.29 is 4.74 Å². The molecule has 0 radical (unpaired) electrons. The third-order valence-corrected chi connectivity index (χ3v) is 3.08. The number of aryl methyl sites for hydroxylation is 1. The molecule has 1 aromatic carbocycles. The van der Waals surface area contributed by atoms with Crippen molar-refractivity contribution in [3.8, 4) is 11.4 Å². The van der Waals surface area contributed by atoms with Gasteiger partial charge in [0, 0.05) is 27.2 Å². The second-order valence-electron chi connectivity index (χ2n) is 4.45. The van der Waals surface area contributed by atoms with Crippen LogP contribution in [0.15, 0.2) is 39.8 Å². The first-order chi connectivity index (χ1) is 10.5. The lowest BCUT2D eigenvalue weighted by Gasteiger charge is -2.13. The molecule has 0 fully saturated rings. The highest BCUT2D eigenvalue weighted by Gasteiger charge is 2.38. The maximum atomic E-state index is 10.6. The van der Waals surface area contributed by atoms with Gasteiger partial charge in [-0.1, -0.05) is 13.5 Å². The molecule has 10 heteroatoms. The van der Waals surface area contributed by atoms with E-state index in [0.717, 1.165) is 11.3 Å². The van der Waals surface area contributed by atoms with E-state index in [1.807, 2.05) is 6.92 Å². The number of ether oxygens (including phenoxy) is 1. The van der Waals surface area contributed by atoms with Crippen molar-refractivity contribution >= 4 is 5.82 Å². The van der Waals surface area contributed by atoms with Crippen LogP contribution in [0.25, 0.3) is 5.69 Å². The van der Waals surface area contributed by atoms with Crippen LogP contribution in [0.1, 0.15) is 18.7 Å². The van der Waals surface area contributed by atoms with Gasteiger partial charge in [-0.15, -0.1) is 14.7 Å². The van der Waals surface area contributed by atoms with Crippen molar-refractivity contribution in [2.24, 2.45) is 15.5 Å². The Morgan fingerprint density at radius 2 is 1.78 bits per heavy atom. The van der Waals surface area contributed by atoms with E-state index in [0.29, 0.717) is 11.5 Å². The number of benzene rings is 1. The molecule has 1 heterocycles. The highest BCUT2D eigenvalue weighted by molar-refractivity contribution is 5.50. The molecule has 1 aromatic heterocycles. The first-order valence-electron chi connectivity index (χ1n) is 6.11. The second kappa shape index (κ2) is 6.73. The van der Waals surface area contributed by atoms with Gasteiger partial charge < -0.3 is 10.5 Å². The highest BCUT2D eigenvalue weighted by Crippen LogP contribution is 2.26. The van der Waals surface area contributed by atoms with Crippen molar-refractivity contribution in [2.75, 3.05) is 5.73 Å². The van der Waals surface area contributed by atoms with E-state index < -0.39 is 5.97 Å². The van der Waals surface area contributed by atoms with Gasteiger partial charge in [-0.25, -0.2) is 4.68 Å². The number of aromatic nitrogens is 2. The predicted molar refractivity (Wildman–Crippen MR) is 84.9 cm³/mol. The molecule has 23 heavy (non-hydrogen) atoms. The molecule has 0 saturated carbocycles. The Balaban J connectivity index is 0.00000264. The van der Waals surface area contributed by atoms with Crippen LogP contribution in [0.2, 0.25) is 0 Å². The van der Waals surface area contributed by atoms with E-state index in [-0.39, 0.29) is 13.2 Å². The van der Waals surface area contributed by atoms with Crippen LogP contribution in [0.3, 0.4) is 0 Å². The van der Waals surface area contributed by atoms with Crippen LogP contribution in [-0.2, 0) is 0 Å². The van der Waals surface area contributed by atoms with Gasteiger partial charge in [0.25, 0.3) is 0 Å². The number of nitroso groups, excluding NO2 is 3. The standard InChI is InChI=1S/C12H12N6O4.CH4/c1-7-8(2)14-18(11(7)13)9-4-3-5-10(6-9)22-12(15-19,16-20)17-21;/h3-6H,13H2,1-2H3;1H4. The van der Waals surface area contributed by atoms with Crippen LogP contribution in [0, 0.1) is 28.6 Å². The zero-order chi connectivity index (χ0) is 16.3. The Hall–Kier alpha value is -3.17. The summed E-state index contributed by atoms with van der Waals surface area (Å²) in [4.78, 5) is 31.7. The van der Waals surface area contributed by atoms with Crippen LogP contribution in [0.5, 0.6) is 5.75 Å². The van der Waals surface area contributed by atoms with Crippen LogP contribution < -0.4 is 10.5 Å². The Kier molecular flexibility index (Phi) is 5.23. The van der Waals surface area contributed by atoms with Gasteiger partial charge in [0.15, 0.2) is 0 Å². The van der Waals surface area contributed by atoms with Crippen LogP contribution in [-0.4, -0.2) is 15.8 Å². The summed E-state index contributed by atoms with van der Waals surface area (Å²) in [7, 11) is 0. The zero-order valence-electron chi connectivity index (χ0n) is 11.8. The van der Waals surface area contributed by atoms with Crippen molar-refractivity contribution in [2.45, 2.75) is 27.2 Å². The van der Waals surface area contributed by atoms with Crippen molar-refractivity contribution in [1.82, 2.24) is 9.78 Å². The van der Waals surface area contributed by atoms with Crippen molar-refractivity contribution in [3.63, 3.8) is 0 Å². The molecule has 0 aliphatic rings. The van der Waals surface area contributed by atoms with Crippen molar-refractivity contribution in [3.05, 3.63) is 50.2 Å². The van der Waals surface area contributed by atoms with Gasteiger partial charge in [-0.3, -0.25) is 0 Å². The smallest absolute Gasteiger partial charge is 0.423 e. The van der Waals surface area contributed by atoms with Gasteiger partial charge in [-0.05, 0) is 26.0 Å². The summed E-state index contributed by atoms with van der Waals surface area (Å²) >= 11 is 0. The zero-order valence-corrected chi connectivity index (χ0v) is 11.8. The highest BCUT2D eigenvalue weighted by atomic mass is 16.6. The third kappa shape index (κ3) is 3.20. The molecule has 2 N–H and O–H groups in total. The molecule has 0 amide bonds. The fraction of sp³-hybridized carbons (Fsp3) is 0.308. The minimum atomic E-state index is -2.89. The van der Waals surface area contributed by atoms with Gasteiger partial charge in [0.2, 0.25) is 0 Å². The largest absolute Gasteiger partial charge is 0.512 e. The van der Waals surface area contributed by atoms with E-state index in [1.54, 1.807) is 19.1 Å². The number of rotatable bonds is 6. The second-order valence-corrected chi connectivity index (χ2v) is 4.45. The Bertz CT molecular complexity index is 720. The van der Waals surface area contributed by atoms with E-state index in [2.05, 4.69) is 20.6 Å². The molecule has 0 spiro atoms. The topological polar surface area (TPSA) is 141 Å². The summed E-state index contributed by atoms with van der Waals surface area (Å²) in [6.07, 6.45) is 0. The summed E-state index contributed by atoms with van der Waals surface area (Å²) in [5, 5.41) is 10.9. The molecule has 0 bridgehead atoms. The summed E-state index contributed by atoms with van der Waals surface area (Å²) < 4.78 is 6.32. The third-order valence-electron chi connectivity index (χ3n) is 3.08. The Labute approximate surface area is 131 Å². The van der Waals surface area contributed by atoms with Gasteiger partial charge in [0.05, 0.1) is 11.4 Å². The lowest BCUT2D eigenvalue weighted by atomic mass is 10.2. The van der Waals surface area contributed by atoms with E-state index in [1.165, 1.54) is 16.8 Å². The molecule has 2 aromatic rings. The molecule has 0 aliphatic heterocycles. The number of hydrogen-bond donors (Lipinski definition) is 1. The number of anilines is 1. The number of nitrogen functional groups attached to an aromatic ring is 1. The molecule has 2 rings (SSSR count). The van der Waals surface area contributed by atoms with Gasteiger partial charge >= 0.3 is 5.97 Å².